The fourth-order valence-corrected chi connectivity index (χ4v) is 20.1. The van der Waals surface area contributed by atoms with E-state index in [0.717, 1.165) is 0 Å². The molecular formula is C88H52N4S4. The molecule has 0 spiro atoms. The lowest BCUT2D eigenvalue weighted by Crippen LogP contribution is -1.74. The second-order valence-corrected chi connectivity index (χ2v) is 29.6. The molecule has 8 heteroatoms. The van der Waals surface area contributed by atoms with Crippen LogP contribution >= 0.6 is 45.3 Å². The van der Waals surface area contributed by atoms with Crippen molar-refractivity contribution in [3.05, 3.63) is 291 Å². The van der Waals surface area contributed by atoms with Crippen molar-refractivity contribution in [3.63, 3.8) is 0 Å². The quantitative estimate of drug-likeness (QED) is 0.117. The highest BCUT2D eigenvalue weighted by Crippen LogP contribution is 2.45. The van der Waals surface area contributed by atoms with E-state index in [1.165, 1.54) is 211 Å². The standard InChI is InChI=1S/4C22H13NS/c1-2-6-14-10-21-17(9-13(14)5-1)18-11-16-15-7-3-4-8-19(15)23-20(16)12-22(18)24-21;1-2-6-14-13(5-1)9-10-18-22(14)17-11-16-15-7-3-4-8-20(15)24-21(16)12-19(17)23-18;1-2-6-14-13(5-1)9-10-16-17-11-18-15-7-3-4-8-20(15)24-21(18)12-19(17)23-22(14)16;1-2-6-14-13(5-1)9-10-16-18-11-17-15-7-3-4-8-19(15)23-20(17)12-21(18)24-22(14)16/h4*1-12,23H. The summed E-state index contributed by atoms with van der Waals surface area (Å²) in [7, 11) is 0. The molecule has 0 atom stereocenters. The van der Waals surface area contributed by atoms with E-state index in [1.807, 2.05) is 45.3 Å². The van der Waals surface area contributed by atoms with Gasteiger partial charge in [-0.3, -0.25) is 0 Å². The molecule has 448 valence electrons. The number of aromatic amines is 4. The molecule has 0 saturated heterocycles. The molecule has 24 rings (SSSR count). The highest BCUT2D eigenvalue weighted by atomic mass is 32.1. The third kappa shape index (κ3) is 8.43. The average Bonchev–Trinajstić information content (AvgIpc) is 1.61. The van der Waals surface area contributed by atoms with Crippen LogP contribution in [0.4, 0.5) is 0 Å². The third-order valence-corrected chi connectivity index (χ3v) is 24.5. The van der Waals surface area contributed by atoms with Crippen molar-refractivity contribution in [3.8, 4) is 0 Å². The lowest BCUT2D eigenvalue weighted by molar-refractivity contribution is 1.56. The van der Waals surface area contributed by atoms with Crippen LogP contribution in [0.5, 0.6) is 0 Å². The van der Waals surface area contributed by atoms with Crippen molar-refractivity contribution in [2.75, 3.05) is 0 Å². The van der Waals surface area contributed by atoms with Gasteiger partial charge < -0.3 is 19.9 Å². The Morgan fingerprint density at radius 3 is 1.17 bits per heavy atom. The molecule has 96 heavy (non-hydrogen) atoms. The molecule has 4 N–H and O–H groups in total. The summed E-state index contributed by atoms with van der Waals surface area (Å²) in [6, 6.07) is 106. The van der Waals surface area contributed by atoms with Crippen LogP contribution in [-0.2, 0) is 0 Å². The summed E-state index contributed by atoms with van der Waals surface area (Å²) in [5, 5.41) is 31.8. The van der Waals surface area contributed by atoms with Gasteiger partial charge in [-0.1, -0.05) is 200 Å². The number of rotatable bonds is 0. The molecule has 0 aliphatic carbocycles. The van der Waals surface area contributed by atoms with E-state index in [9.17, 15) is 0 Å². The molecule has 0 saturated carbocycles. The van der Waals surface area contributed by atoms with Crippen molar-refractivity contribution in [2.24, 2.45) is 0 Å². The molecular weight excluding hydrogens is 1240 g/mol. The van der Waals surface area contributed by atoms with Crippen molar-refractivity contribution in [1.29, 1.82) is 0 Å². The fourth-order valence-electron chi connectivity index (χ4n) is 15.4. The smallest absolute Gasteiger partial charge is 0.0544 e. The molecule has 0 unspecified atom stereocenters. The highest BCUT2D eigenvalue weighted by Gasteiger charge is 2.17. The second-order valence-electron chi connectivity index (χ2n) is 25.3. The van der Waals surface area contributed by atoms with Crippen LogP contribution in [0.3, 0.4) is 0 Å². The Morgan fingerprint density at radius 1 is 0.167 bits per heavy atom. The molecule has 24 aromatic rings. The lowest BCUT2D eigenvalue weighted by Gasteiger charge is -2.00. The van der Waals surface area contributed by atoms with Crippen molar-refractivity contribution in [2.45, 2.75) is 0 Å². The molecule has 16 aromatic carbocycles. The van der Waals surface area contributed by atoms with Gasteiger partial charge in [0.1, 0.15) is 0 Å². The Balaban J connectivity index is 0.0000000849. The maximum atomic E-state index is 3.66. The van der Waals surface area contributed by atoms with Gasteiger partial charge in [0.15, 0.2) is 0 Å². The highest BCUT2D eigenvalue weighted by molar-refractivity contribution is 7.27. The molecule has 0 aliphatic heterocycles. The molecule has 0 bridgehead atoms. The maximum absolute atomic E-state index is 3.66. The topological polar surface area (TPSA) is 63.2 Å². The van der Waals surface area contributed by atoms with E-state index in [4.69, 9.17) is 0 Å². The molecule has 0 aliphatic rings. The summed E-state index contributed by atoms with van der Waals surface area (Å²) >= 11 is 7.52. The van der Waals surface area contributed by atoms with E-state index in [-0.39, 0.29) is 0 Å². The fraction of sp³-hybridized carbons (Fsp3) is 0. The average molecular weight is 1290 g/mol. The summed E-state index contributed by atoms with van der Waals surface area (Å²) in [4.78, 5) is 14.4. The zero-order chi connectivity index (χ0) is 62.7. The predicted molar refractivity (Wildman–Crippen MR) is 425 cm³/mol. The number of fused-ring (bicyclic) bond motifs is 31. The van der Waals surface area contributed by atoms with Crippen LogP contribution in [0.2, 0.25) is 0 Å². The molecule has 0 radical (unpaired) electrons. The Bertz CT molecular complexity index is 7020. The number of benzene rings is 16. The number of aromatic nitrogens is 4. The number of nitrogens with one attached hydrogen (secondary N) is 4. The minimum atomic E-state index is 1.21. The van der Waals surface area contributed by atoms with Crippen LogP contribution in [0, 0.1) is 0 Å². The zero-order valence-corrected chi connectivity index (χ0v) is 54.6. The van der Waals surface area contributed by atoms with Gasteiger partial charge >= 0.3 is 0 Å². The van der Waals surface area contributed by atoms with Crippen molar-refractivity contribution < 1.29 is 0 Å². The van der Waals surface area contributed by atoms with Gasteiger partial charge in [0.2, 0.25) is 0 Å². The first-order chi connectivity index (χ1) is 47.5. The molecule has 4 nitrogen and oxygen atoms in total. The van der Waals surface area contributed by atoms with Crippen molar-refractivity contribution >= 4 is 256 Å². The van der Waals surface area contributed by atoms with Gasteiger partial charge in [-0.25, -0.2) is 0 Å². The predicted octanol–water partition coefficient (Wildman–Crippen LogP) is 27.4. The second kappa shape index (κ2) is 21.1. The zero-order valence-electron chi connectivity index (χ0n) is 51.3. The van der Waals surface area contributed by atoms with E-state index >= 15 is 0 Å². The summed E-state index contributed by atoms with van der Waals surface area (Å²) in [5.74, 6) is 0. The Labute approximate surface area is 563 Å². The molecule has 8 heterocycles. The SMILES string of the molecule is c1ccc2c(c1)ccc1[nH]c3cc4sc5ccccc5c4cc3c12.c1ccc2c(c1)ccc1c3cc4c(cc3[nH]c21)sc1ccccc14.c1ccc2c(c1)ccc1c3cc4c(cc3sc21)[nH]c1ccccc14.c1ccc2cc3c(cc2c1)sc1cc2[nH]c4ccccc4c2cc13. The van der Waals surface area contributed by atoms with E-state index in [2.05, 4.69) is 311 Å². The van der Waals surface area contributed by atoms with Gasteiger partial charge in [-0.15, -0.1) is 45.3 Å². The Kier molecular flexibility index (Phi) is 11.9. The van der Waals surface area contributed by atoms with E-state index in [1.54, 1.807) is 0 Å². The summed E-state index contributed by atoms with van der Waals surface area (Å²) in [6.45, 7) is 0. The van der Waals surface area contributed by atoms with Crippen LogP contribution in [0.25, 0.3) is 211 Å². The maximum Gasteiger partial charge on any atom is 0.0544 e. The Hall–Kier alpha value is -11.4. The number of para-hydroxylation sites is 2. The minimum Gasteiger partial charge on any atom is -0.354 e. The number of thiophene rings is 4. The van der Waals surface area contributed by atoms with Gasteiger partial charge in [0.05, 0.1) is 5.52 Å². The lowest BCUT2D eigenvalue weighted by atomic mass is 10.0. The van der Waals surface area contributed by atoms with Crippen LogP contribution in [0.1, 0.15) is 0 Å². The van der Waals surface area contributed by atoms with Gasteiger partial charge in [-0.05, 0) is 129 Å². The van der Waals surface area contributed by atoms with E-state index in [0.29, 0.717) is 0 Å². The largest absolute Gasteiger partial charge is 0.354 e. The van der Waals surface area contributed by atoms with Gasteiger partial charge in [0.25, 0.3) is 0 Å². The number of hydrogen-bond donors (Lipinski definition) is 4. The van der Waals surface area contributed by atoms with Crippen LogP contribution < -0.4 is 0 Å². The number of hydrogen-bond acceptors (Lipinski definition) is 4. The molecule has 0 amide bonds. The number of H-pyrrole nitrogens is 4. The van der Waals surface area contributed by atoms with Gasteiger partial charge in [-0.2, -0.15) is 0 Å². The first-order valence-corrected chi connectivity index (χ1v) is 35.8. The van der Waals surface area contributed by atoms with Crippen LogP contribution in [0.15, 0.2) is 291 Å². The Morgan fingerprint density at radius 2 is 0.542 bits per heavy atom. The van der Waals surface area contributed by atoms with Gasteiger partial charge in [0, 0.05) is 168 Å². The first-order valence-electron chi connectivity index (χ1n) is 32.5. The summed E-state index contributed by atoms with van der Waals surface area (Å²) < 4.78 is 10.9. The molecule has 8 aromatic heterocycles. The third-order valence-electron chi connectivity index (χ3n) is 19.9. The first kappa shape index (κ1) is 54.1. The van der Waals surface area contributed by atoms with E-state index < -0.39 is 0 Å². The monoisotopic (exact) mass is 1290 g/mol. The normalized spacial score (nSPS) is 12.2. The summed E-state index contributed by atoms with van der Waals surface area (Å²) in [5.41, 5.74) is 9.76. The summed E-state index contributed by atoms with van der Waals surface area (Å²) in [6.07, 6.45) is 0. The van der Waals surface area contributed by atoms with Crippen molar-refractivity contribution in [1.82, 2.24) is 19.9 Å². The minimum absolute atomic E-state index is 1.21. The van der Waals surface area contributed by atoms with Crippen LogP contribution in [-0.4, -0.2) is 19.9 Å². The molecule has 0 fully saturated rings.